The van der Waals surface area contributed by atoms with Crippen molar-refractivity contribution >= 4 is 21.8 Å². The van der Waals surface area contributed by atoms with Gasteiger partial charge in [-0.1, -0.05) is 47.7 Å². The first kappa shape index (κ1) is 14.9. The van der Waals surface area contributed by atoms with Gasteiger partial charge in [-0.05, 0) is 36.5 Å². The van der Waals surface area contributed by atoms with E-state index in [9.17, 15) is 4.79 Å². The molecule has 1 N–H and O–H groups in total. The minimum absolute atomic E-state index is 0.0232. The van der Waals surface area contributed by atoms with Gasteiger partial charge in [-0.15, -0.1) is 0 Å². The molecular weight excluding hydrogens is 330 g/mol. The number of ether oxygens (including phenoxy) is 1. The maximum Gasteiger partial charge on any atom is 0.255 e. The van der Waals surface area contributed by atoms with Crippen LogP contribution in [-0.4, -0.2) is 19.1 Å². The van der Waals surface area contributed by atoms with Gasteiger partial charge in [0.15, 0.2) is 0 Å². The van der Waals surface area contributed by atoms with Gasteiger partial charge in [0.05, 0.1) is 12.1 Å². The van der Waals surface area contributed by atoms with E-state index in [0.29, 0.717) is 35.2 Å². The topological polar surface area (TPSA) is 38.3 Å². The SMILES string of the molecule is O=C1NCCOc2ccc(C(Br)C3CCCCCC3)cc21. The van der Waals surface area contributed by atoms with E-state index in [4.69, 9.17) is 4.74 Å². The molecule has 1 fully saturated rings. The Balaban J connectivity index is 1.83. The van der Waals surface area contributed by atoms with Crippen molar-refractivity contribution in [2.24, 2.45) is 5.92 Å². The summed E-state index contributed by atoms with van der Waals surface area (Å²) < 4.78 is 5.62. The molecule has 1 heterocycles. The van der Waals surface area contributed by atoms with Crippen LogP contribution < -0.4 is 10.1 Å². The van der Waals surface area contributed by atoms with Gasteiger partial charge in [-0.3, -0.25) is 4.79 Å². The van der Waals surface area contributed by atoms with Crippen molar-refractivity contribution in [3.05, 3.63) is 29.3 Å². The van der Waals surface area contributed by atoms with Crippen LogP contribution in [0.1, 0.15) is 59.3 Å². The lowest BCUT2D eigenvalue weighted by atomic mass is 9.91. The van der Waals surface area contributed by atoms with Crippen molar-refractivity contribution in [1.29, 1.82) is 0 Å². The number of alkyl halides is 1. The highest BCUT2D eigenvalue weighted by molar-refractivity contribution is 9.09. The van der Waals surface area contributed by atoms with Gasteiger partial charge in [0.1, 0.15) is 12.4 Å². The van der Waals surface area contributed by atoms with Gasteiger partial charge in [0.25, 0.3) is 5.91 Å². The zero-order valence-corrected chi connectivity index (χ0v) is 13.8. The average Bonchev–Trinajstić information content (AvgIpc) is 2.88. The van der Waals surface area contributed by atoms with Gasteiger partial charge < -0.3 is 10.1 Å². The number of hydrogen-bond acceptors (Lipinski definition) is 2. The Morgan fingerprint density at radius 1 is 1.19 bits per heavy atom. The smallest absolute Gasteiger partial charge is 0.255 e. The van der Waals surface area contributed by atoms with E-state index in [1.807, 2.05) is 12.1 Å². The van der Waals surface area contributed by atoms with Gasteiger partial charge >= 0.3 is 0 Å². The van der Waals surface area contributed by atoms with Crippen LogP contribution >= 0.6 is 15.9 Å². The highest BCUT2D eigenvalue weighted by atomic mass is 79.9. The number of carbonyl (C=O) groups excluding carboxylic acids is 1. The first-order chi connectivity index (χ1) is 10.3. The fraction of sp³-hybridized carbons (Fsp3) is 0.588. The van der Waals surface area contributed by atoms with E-state index >= 15 is 0 Å². The minimum Gasteiger partial charge on any atom is -0.491 e. The molecule has 3 rings (SSSR count). The third-order valence-corrected chi connectivity index (χ3v) is 5.80. The number of benzene rings is 1. The molecule has 1 atom stereocenters. The summed E-state index contributed by atoms with van der Waals surface area (Å²) in [6.07, 6.45) is 7.90. The lowest BCUT2D eigenvalue weighted by Crippen LogP contribution is -2.24. The Kier molecular flexibility index (Phi) is 4.84. The highest BCUT2D eigenvalue weighted by Gasteiger charge is 2.24. The summed E-state index contributed by atoms with van der Waals surface area (Å²) in [5, 5.41) is 2.88. The summed E-state index contributed by atoms with van der Waals surface area (Å²) in [6, 6.07) is 6.04. The van der Waals surface area contributed by atoms with Crippen molar-refractivity contribution in [3.63, 3.8) is 0 Å². The molecule has 4 heteroatoms. The Hall–Kier alpha value is -1.03. The van der Waals surface area contributed by atoms with Crippen molar-refractivity contribution in [2.45, 2.75) is 43.4 Å². The summed E-state index contributed by atoms with van der Waals surface area (Å²) in [7, 11) is 0. The van der Waals surface area contributed by atoms with Crippen LogP contribution in [0.2, 0.25) is 0 Å². The normalized spacial score (nSPS) is 21.5. The number of rotatable bonds is 2. The number of halogens is 1. The maximum absolute atomic E-state index is 12.1. The molecule has 0 saturated heterocycles. The third kappa shape index (κ3) is 3.42. The molecule has 114 valence electrons. The van der Waals surface area contributed by atoms with Crippen LogP contribution in [0.3, 0.4) is 0 Å². The van der Waals surface area contributed by atoms with Crippen molar-refractivity contribution < 1.29 is 9.53 Å². The van der Waals surface area contributed by atoms with E-state index in [1.54, 1.807) is 0 Å². The first-order valence-electron chi connectivity index (χ1n) is 7.95. The molecule has 21 heavy (non-hydrogen) atoms. The Morgan fingerprint density at radius 2 is 1.95 bits per heavy atom. The van der Waals surface area contributed by atoms with Gasteiger partial charge in [0.2, 0.25) is 0 Å². The quantitative estimate of drug-likeness (QED) is 0.639. The maximum atomic E-state index is 12.1. The van der Waals surface area contributed by atoms with Gasteiger partial charge in [0, 0.05) is 4.83 Å². The Morgan fingerprint density at radius 3 is 2.71 bits per heavy atom. The van der Waals surface area contributed by atoms with Crippen molar-refractivity contribution in [2.75, 3.05) is 13.2 Å². The van der Waals surface area contributed by atoms with Crippen LogP contribution in [-0.2, 0) is 0 Å². The molecule has 1 unspecified atom stereocenters. The molecule has 0 bridgehead atoms. The van der Waals surface area contributed by atoms with Crippen molar-refractivity contribution in [3.8, 4) is 5.75 Å². The lowest BCUT2D eigenvalue weighted by molar-refractivity contribution is 0.0957. The average molecular weight is 352 g/mol. The first-order valence-corrected chi connectivity index (χ1v) is 8.86. The van der Waals surface area contributed by atoms with E-state index in [1.165, 1.54) is 44.1 Å². The number of hydrogen-bond donors (Lipinski definition) is 1. The summed E-state index contributed by atoms with van der Waals surface area (Å²) in [5.41, 5.74) is 1.87. The Labute approximate surface area is 134 Å². The Bertz CT molecular complexity index is 510. The standard InChI is InChI=1S/C17H22BrNO2/c18-16(12-5-3-1-2-4-6-12)13-7-8-15-14(11-13)17(20)19-9-10-21-15/h7-8,11-12,16H,1-6,9-10H2,(H,19,20). The molecule has 1 aromatic rings. The second-order valence-electron chi connectivity index (χ2n) is 6.01. The fourth-order valence-electron chi connectivity index (χ4n) is 3.32. The molecule has 3 nitrogen and oxygen atoms in total. The van der Waals surface area contributed by atoms with Crippen LogP contribution in [0.5, 0.6) is 5.75 Å². The van der Waals surface area contributed by atoms with Crippen LogP contribution in [0.4, 0.5) is 0 Å². The second kappa shape index (κ2) is 6.82. The molecular formula is C17H22BrNO2. The molecule has 1 amide bonds. The zero-order valence-electron chi connectivity index (χ0n) is 12.2. The predicted octanol–water partition coefficient (Wildman–Crippen LogP) is 4.22. The number of carbonyl (C=O) groups is 1. The lowest BCUT2D eigenvalue weighted by Gasteiger charge is -2.22. The van der Waals surface area contributed by atoms with Crippen LogP contribution in [0, 0.1) is 5.92 Å². The molecule has 2 aliphatic rings. The molecule has 1 aliphatic carbocycles. The molecule has 0 spiro atoms. The van der Waals surface area contributed by atoms with Crippen LogP contribution in [0.25, 0.3) is 0 Å². The second-order valence-corrected chi connectivity index (χ2v) is 7.00. The van der Waals surface area contributed by atoms with Gasteiger partial charge in [-0.2, -0.15) is 0 Å². The largest absolute Gasteiger partial charge is 0.491 e. The van der Waals surface area contributed by atoms with E-state index in [0.717, 1.165) is 0 Å². The predicted molar refractivity (Wildman–Crippen MR) is 87.1 cm³/mol. The number of fused-ring (bicyclic) bond motifs is 1. The third-order valence-electron chi connectivity index (χ3n) is 4.53. The summed E-state index contributed by atoms with van der Waals surface area (Å²) >= 11 is 3.88. The zero-order chi connectivity index (χ0) is 14.7. The van der Waals surface area contributed by atoms with Crippen molar-refractivity contribution in [1.82, 2.24) is 5.32 Å². The highest BCUT2D eigenvalue weighted by Crippen LogP contribution is 2.40. The summed E-state index contributed by atoms with van der Waals surface area (Å²) in [5.74, 6) is 1.35. The van der Waals surface area contributed by atoms with Gasteiger partial charge in [-0.25, -0.2) is 0 Å². The fourth-order valence-corrected chi connectivity index (χ4v) is 4.13. The number of amides is 1. The molecule has 1 aliphatic heterocycles. The van der Waals surface area contributed by atoms with E-state index in [2.05, 4.69) is 27.3 Å². The molecule has 0 aromatic heterocycles. The minimum atomic E-state index is -0.0232. The molecule has 0 radical (unpaired) electrons. The monoisotopic (exact) mass is 351 g/mol. The van der Waals surface area contributed by atoms with Crippen LogP contribution in [0.15, 0.2) is 18.2 Å². The van der Waals surface area contributed by atoms with E-state index in [-0.39, 0.29) is 5.91 Å². The molecule has 1 aromatic carbocycles. The molecule has 1 saturated carbocycles. The van der Waals surface area contributed by atoms with E-state index < -0.39 is 0 Å². The summed E-state index contributed by atoms with van der Waals surface area (Å²) in [6.45, 7) is 1.11. The summed E-state index contributed by atoms with van der Waals surface area (Å²) in [4.78, 5) is 12.4. The number of nitrogens with one attached hydrogen (secondary N) is 1.